The third-order valence-electron chi connectivity index (χ3n) is 2.70. The van der Waals surface area contributed by atoms with Gasteiger partial charge in [-0.2, -0.15) is 0 Å². The number of carbonyl (C=O) groups excluding carboxylic acids is 1. The Morgan fingerprint density at radius 1 is 1.35 bits per heavy atom. The van der Waals surface area contributed by atoms with Crippen LogP contribution in [0.15, 0.2) is 33.9 Å². The minimum Gasteiger partial charge on any atom is -0.411 e. The van der Waals surface area contributed by atoms with Crippen molar-refractivity contribution in [2.24, 2.45) is 0 Å². The number of aryl methyl sites for hydroxylation is 1. The van der Waals surface area contributed by atoms with E-state index in [4.69, 9.17) is 4.42 Å². The van der Waals surface area contributed by atoms with Gasteiger partial charge in [0.15, 0.2) is 0 Å². The highest BCUT2D eigenvalue weighted by molar-refractivity contribution is 8.00. The molecule has 0 spiro atoms. The zero-order valence-corrected chi connectivity index (χ0v) is 12.5. The van der Waals surface area contributed by atoms with E-state index in [2.05, 4.69) is 15.5 Å². The smallest absolute Gasteiger partial charge is 0.277 e. The molecule has 1 atom stereocenters. The summed E-state index contributed by atoms with van der Waals surface area (Å²) in [6, 6.07) is 7.85. The number of thioether (sulfide) groups is 1. The van der Waals surface area contributed by atoms with Crippen molar-refractivity contribution in [3.63, 3.8) is 0 Å². The molecule has 0 aliphatic heterocycles. The Labute approximate surface area is 122 Å². The topological polar surface area (TPSA) is 68.0 Å². The van der Waals surface area contributed by atoms with E-state index in [1.165, 1.54) is 17.3 Å². The van der Waals surface area contributed by atoms with Gasteiger partial charge in [0.2, 0.25) is 11.8 Å². The Balaban J connectivity index is 2.05. The molecular formula is C14H17N3O2S. The quantitative estimate of drug-likeness (QED) is 0.858. The van der Waals surface area contributed by atoms with E-state index < -0.39 is 0 Å². The van der Waals surface area contributed by atoms with Crippen LogP contribution in [0.5, 0.6) is 0 Å². The lowest BCUT2D eigenvalue weighted by molar-refractivity contribution is -0.120. The average Bonchev–Trinajstić information content (AvgIpc) is 2.88. The number of carbonyl (C=O) groups is 1. The van der Waals surface area contributed by atoms with Gasteiger partial charge in [-0.25, -0.2) is 0 Å². The van der Waals surface area contributed by atoms with Crippen LogP contribution in [0.3, 0.4) is 0 Å². The van der Waals surface area contributed by atoms with Crippen LogP contribution in [-0.4, -0.2) is 27.9 Å². The van der Waals surface area contributed by atoms with Gasteiger partial charge in [0.1, 0.15) is 0 Å². The first-order valence-corrected chi connectivity index (χ1v) is 7.33. The molecule has 0 saturated heterocycles. The van der Waals surface area contributed by atoms with Gasteiger partial charge in [0, 0.05) is 12.1 Å². The maximum Gasteiger partial charge on any atom is 0.277 e. The third-order valence-corrected chi connectivity index (χ3v) is 3.64. The van der Waals surface area contributed by atoms with Crippen LogP contribution >= 0.6 is 11.8 Å². The summed E-state index contributed by atoms with van der Waals surface area (Å²) < 4.78 is 5.57. The SMILES string of the molecule is CCNC(=O)C(C)Sc1nnc(-c2ccc(C)cc2)o1. The van der Waals surface area contributed by atoms with E-state index in [0.29, 0.717) is 17.7 Å². The Kier molecular flexibility index (Phi) is 4.79. The molecule has 1 heterocycles. The number of rotatable bonds is 5. The largest absolute Gasteiger partial charge is 0.411 e. The van der Waals surface area contributed by atoms with Gasteiger partial charge >= 0.3 is 0 Å². The fraction of sp³-hybridized carbons (Fsp3) is 0.357. The Bertz CT molecular complexity index is 580. The average molecular weight is 291 g/mol. The Morgan fingerprint density at radius 2 is 2.05 bits per heavy atom. The number of nitrogens with zero attached hydrogens (tertiary/aromatic N) is 2. The molecule has 0 radical (unpaired) electrons. The molecule has 106 valence electrons. The lowest BCUT2D eigenvalue weighted by Gasteiger charge is -2.07. The van der Waals surface area contributed by atoms with Gasteiger partial charge in [-0.05, 0) is 32.9 Å². The third kappa shape index (κ3) is 3.60. The summed E-state index contributed by atoms with van der Waals surface area (Å²) in [5.74, 6) is 0.434. The summed E-state index contributed by atoms with van der Waals surface area (Å²) in [6.45, 7) is 6.33. The van der Waals surface area contributed by atoms with E-state index in [1.54, 1.807) is 0 Å². The second kappa shape index (κ2) is 6.56. The second-order valence-electron chi connectivity index (χ2n) is 4.39. The number of amides is 1. The zero-order valence-electron chi connectivity index (χ0n) is 11.7. The molecule has 1 unspecified atom stereocenters. The molecular weight excluding hydrogens is 274 g/mol. The Hall–Kier alpha value is -1.82. The molecule has 0 aliphatic rings. The molecule has 1 N–H and O–H groups in total. The first-order valence-electron chi connectivity index (χ1n) is 6.45. The van der Waals surface area contributed by atoms with Crippen LogP contribution in [0.25, 0.3) is 11.5 Å². The van der Waals surface area contributed by atoms with Crippen LogP contribution in [0.2, 0.25) is 0 Å². The highest BCUT2D eigenvalue weighted by Crippen LogP contribution is 2.26. The fourth-order valence-corrected chi connectivity index (χ4v) is 2.30. The molecule has 0 bridgehead atoms. The molecule has 5 nitrogen and oxygen atoms in total. The van der Waals surface area contributed by atoms with Gasteiger partial charge < -0.3 is 9.73 Å². The summed E-state index contributed by atoms with van der Waals surface area (Å²) in [5.41, 5.74) is 2.05. The highest BCUT2D eigenvalue weighted by Gasteiger charge is 2.17. The van der Waals surface area contributed by atoms with Crippen LogP contribution < -0.4 is 5.32 Å². The van der Waals surface area contributed by atoms with Gasteiger partial charge in [-0.1, -0.05) is 29.5 Å². The molecule has 0 fully saturated rings. The van der Waals surface area contributed by atoms with Crippen LogP contribution in [0.4, 0.5) is 0 Å². The van der Waals surface area contributed by atoms with E-state index in [0.717, 1.165) is 5.56 Å². The number of benzene rings is 1. The van der Waals surface area contributed by atoms with Crippen molar-refractivity contribution in [2.45, 2.75) is 31.2 Å². The molecule has 2 rings (SSSR count). The monoisotopic (exact) mass is 291 g/mol. The van der Waals surface area contributed by atoms with Gasteiger partial charge in [-0.15, -0.1) is 10.2 Å². The highest BCUT2D eigenvalue weighted by atomic mass is 32.2. The number of aromatic nitrogens is 2. The van der Waals surface area contributed by atoms with E-state index in [1.807, 2.05) is 45.0 Å². The minimum atomic E-state index is -0.263. The van der Waals surface area contributed by atoms with Crippen molar-refractivity contribution >= 4 is 17.7 Å². The first-order chi connectivity index (χ1) is 9.60. The molecule has 0 saturated carbocycles. The molecule has 6 heteroatoms. The van der Waals surface area contributed by atoms with Crippen molar-refractivity contribution in [2.75, 3.05) is 6.54 Å². The van der Waals surface area contributed by atoms with Gasteiger partial charge in [0.25, 0.3) is 5.22 Å². The Morgan fingerprint density at radius 3 is 2.70 bits per heavy atom. The molecule has 1 aromatic carbocycles. The molecule has 0 aliphatic carbocycles. The standard InChI is InChI=1S/C14H17N3O2S/c1-4-15-12(18)10(3)20-14-17-16-13(19-14)11-7-5-9(2)6-8-11/h5-8,10H,4H2,1-3H3,(H,15,18). The summed E-state index contributed by atoms with van der Waals surface area (Å²) in [7, 11) is 0. The van der Waals surface area contributed by atoms with Crippen LogP contribution in [0.1, 0.15) is 19.4 Å². The lowest BCUT2D eigenvalue weighted by Crippen LogP contribution is -2.30. The van der Waals surface area contributed by atoms with Crippen LogP contribution in [-0.2, 0) is 4.79 Å². The maximum atomic E-state index is 11.6. The summed E-state index contributed by atoms with van der Waals surface area (Å²) >= 11 is 1.26. The molecule has 2 aromatic rings. The molecule has 1 aromatic heterocycles. The van der Waals surface area contributed by atoms with E-state index in [9.17, 15) is 4.79 Å². The predicted molar refractivity (Wildman–Crippen MR) is 78.5 cm³/mol. The van der Waals surface area contributed by atoms with Crippen molar-refractivity contribution in [3.8, 4) is 11.5 Å². The van der Waals surface area contributed by atoms with Gasteiger partial charge in [-0.3, -0.25) is 4.79 Å². The minimum absolute atomic E-state index is 0.0346. The second-order valence-corrected chi connectivity index (χ2v) is 5.69. The molecule has 1 amide bonds. The summed E-state index contributed by atoms with van der Waals surface area (Å²) in [6.07, 6.45) is 0. The number of hydrogen-bond donors (Lipinski definition) is 1. The zero-order chi connectivity index (χ0) is 14.5. The fourth-order valence-electron chi connectivity index (χ4n) is 1.59. The van der Waals surface area contributed by atoms with E-state index >= 15 is 0 Å². The number of nitrogens with one attached hydrogen (secondary N) is 1. The molecule has 20 heavy (non-hydrogen) atoms. The maximum absolute atomic E-state index is 11.6. The normalized spacial score (nSPS) is 12.2. The van der Waals surface area contributed by atoms with Crippen molar-refractivity contribution in [1.82, 2.24) is 15.5 Å². The van der Waals surface area contributed by atoms with Crippen molar-refractivity contribution < 1.29 is 9.21 Å². The van der Waals surface area contributed by atoms with Crippen molar-refractivity contribution in [3.05, 3.63) is 29.8 Å². The van der Waals surface area contributed by atoms with Crippen molar-refractivity contribution in [1.29, 1.82) is 0 Å². The lowest BCUT2D eigenvalue weighted by atomic mass is 10.1. The summed E-state index contributed by atoms with van der Waals surface area (Å²) in [4.78, 5) is 11.6. The first kappa shape index (κ1) is 14.6. The predicted octanol–water partition coefficient (Wildman–Crippen LogP) is 2.66. The summed E-state index contributed by atoms with van der Waals surface area (Å²) in [5, 5.41) is 10.9. The number of hydrogen-bond acceptors (Lipinski definition) is 5. The van der Waals surface area contributed by atoms with Gasteiger partial charge in [0.05, 0.1) is 5.25 Å². The van der Waals surface area contributed by atoms with Crippen LogP contribution in [0, 0.1) is 6.92 Å². The van der Waals surface area contributed by atoms with E-state index in [-0.39, 0.29) is 11.2 Å².